The molecule has 20 heavy (non-hydrogen) atoms. The highest BCUT2D eigenvalue weighted by molar-refractivity contribution is 7.89. The van der Waals surface area contributed by atoms with Gasteiger partial charge in [0.05, 0.1) is 11.1 Å². The van der Waals surface area contributed by atoms with Crippen LogP contribution in [0.25, 0.3) is 0 Å². The number of carbonyl (C=O) groups excluding carboxylic acids is 1. The summed E-state index contributed by atoms with van der Waals surface area (Å²) < 4.78 is 25.3. The molecule has 0 radical (unpaired) electrons. The Labute approximate surface area is 116 Å². The third kappa shape index (κ3) is 3.16. The van der Waals surface area contributed by atoms with E-state index in [1.807, 2.05) is 0 Å². The normalized spacial score (nSPS) is 11.1. The van der Waals surface area contributed by atoms with Gasteiger partial charge in [0.15, 0.2) is 0 Å². The maximum Gasteiger partial charge on any atom is 0.275 e. The molecule has 0 saturated heterocycles. The van der Waals surface area contributed by atoms with Gasteiger partial charge in [0, 0.05) is 18.1 Å². The Balaban J connectivity index is 2.14. The molecule has 0 fully saturated rings. The fraction of sp³-hybridized carbons (Fsp3) is 0.0833. The van der Waals surface area contributed by atoms with E-state index in [9.17, 15) is 13.2 Å². The summed E-state index contributed by atoms with van der Waals surface area (Å²) in [5, 5.41) is 2.60. The maximum atomic E-state index is 11.8. The number of benzene rings is 1. The lowest BCUT2D eigenvalue weighted by Gasteiger charge is -2.06. The van der Waals surface area contributed by atoms with Crippen LogP contribution in [0.15, 0.2) is 47.8 Å². The molecule has 2 N–H and O–H groups in total. The third-order valence-electron chi connectivity index (χ3n) is 2.49. The first-order valence-electron chi connectivity index (χ1n) is 5.64. The lowest BCUT2D eigenvalue weighted by molar-refractivity contribution is 0.102. The van der Waals surface area contributed by atoms with E-state index in [-0.39, 0.29) is 10.6 Å². The van der Waals surface area contributed by atoms with Gasteiger partial charge < -0.3 is 5.32 Å². The Hall–Kier alpha value is -2.32. The smallest absolute Gasteiger partial charge is 0.275 e. The summed E-state index contributed by atoms with van der Waals surface area (Å²) in [6.45, 7) is 0. The van der Waals surface area contributed by atoms with Crippen LogP contribution in [0.4, 0.5) is 5.69 Å². The van der Waals surface area contributed by atoms with E-state index in [1.54, 1.807) is 0 Å². The zero-order chi connectivity index (χ0) is 14.6. The number of amides is 1. The highest BCUT2D eigenvalue weighted by atomic mass is 32.2. The van der Waals surface area contributed by atoms with E-state index in [2.05, 4.69) is 20.0 Å². The molecule has 1 heterocycles. The Kier molecular flexibility index (Phi) is 4.06. The molecule has 0 spiro atoms. The zero-order valence-corrected chi connectivity index (χ0v) is 11.4. The summed E-state index contributed by atoms with van der Waals surface area (Å²) in [5.41, 5.74) is 0.648. The summed E-state index contributed by atoms with van der Waals surface area (Å²) in [7, 11) is -2.15. The second-order valence-corrected chi connectivity index (χ2v) is 5.66. The van der Waals surface area contributed by atoms with Crippen molar-refractivity contribution < 1.29 is 13.2 Å². The molecule has 0 aliphatic carbocycles. The lowest BCUT2D eigenvalue weighted by atomic mass is 10.3. The van der Waals surface area contributed by atoms with Crippen LogP contribution >= 0.6 is 0 Å². The summed E-state index contributed by atoms with van der Waals surface area (Å²) in [6, 6.07) is 5.80. The minimum Gasteiger partial charge on any atom is -0.321 e. The molecule has 1 aromatic carbocycles. The van der Waals surface area contributed by atoms with E-state index in [0.29, 0.717) is 5.69 Å². The van der Waals surface area contributed by atoms with E-state index in [0.717, 1.165) is 0 Å². The summed E-state index contributed by atoms with van der Waals surface area (Å²) in [6.07, 6.45) is 4.22. The van der Waals surface area contributed by atoms with Crippen LogP contribution in [0.5, 0.6) is 0 Å². The highest BCUT2D eigenvalue weighted by Gasteiger charge is 2.12. The van der Waals surface area contributed by atoms with Gasteiger partial charge in [0.25, 0.3) is 5.91 Å². The molecule has 104 valence electrons. The van der Waals surface area contributed by atoms with Crippen LogP contribution in [0.3, 0.4) is 0 Å². The largest absolute Gasteiger partial charge is 0.321 e. The lowest BCUT2D eigenvalue weighted by Crippen LogP contribution is -2.18. The molecule has 0 unspecified atom stereocenters. The number of hydrogen-bond acceptors (Lipinski definition) is 5. The molecule has 0 aliphatic rings. The third-order valence-corrected chi connectivity index (χ3v) is 3.92. The fourth-order valence-corrected chi connectivity index (χ4v) is 2.18. The molecule has 1 amide bonds. The number of anilines is 1. The monoisotopic (exact) mass is 292 g/mol. The quantitative estimate of drug-likeness (QED) is 0.861. The van der Waals surface area contributed by atoms with E-state index in [4.69, 9.17) is 0 Å². The fourth-order valence-electron chi connectivity index (χ4n) is 1.45. The van der Waals surface area contributed by atoms with Crippen LogP contribution in [0.2, 0.25) is 0 Å². The first-order chi connectivity index (χ1) is 9.53. The van der Waals surface area contributed by atoms with Crippen molar-refractivity contribution >= 4 is 21.6 Å². The molecule has 1 aromatic heterocycles. The maximum absolute atomic E-state index is 11.8. The molecular weight excluding hydrogens is 280 g/mol. The Morgan fingerprint density at radius 2 is 1.85 bits per heavy atom. The second kappa shape index (κ2) is 5.76. The van der Waals surface area contributed by atoms with Crippen LogP contribution in [-0.2, 0) is 10.0 Å². The van der Waals surface area contributed by atoms with E-state index >= 15 is 0 Å². The van der Waals surface area contributed by atoms with Crippen LogP contribution < -0.4 is 10.0 Å². The number of hydrogen-bond donors (Lipinski definition) is 2. The van der Waals surface area contributed by atoms with Crippen molar-refractivity contribution in [1.82, 2.24) is 14.7 Å². The molecule has 0 atom stereocenters. The van der Waals surface area contributed by atoms with Crippen molar-refractivity contribution in [2.24, 2.45) is 0 Å². The highest BCUT2D eigenvalue weighted by Crippen LogP contribution is 2.14. The first kappa shape index (κ1) is 14.1. The van der Waals surface area contributed by atoms with Crippen molar-refractivity contribution in [2.45, 2.75) is 4.90 Å². The molecule has 8 heteroatoms. The van der Waals surface area contributed by atoms with Crippen molar-refractivity contribution in [1.29, 1.82) is 0 Å². The van der Waals surface area contributed by atoms with Crippen LogP contribution in [-0.4, -0.2) is 31.3 Å². The van der Waals surface area contributed by atoms with Gasteiger partial charge in [-0.1, -0.05) is 0 Å². The van der Waals surface area contributed by atoms with E-state index in [1.165, 1.54) is 49.9 Å². The van der Waals surface area contributed by atoms with Gasteiger partial charge in [-0.2, -0.15) is 0 Å². The van der Waals surface area contributed by atoms with Crippen LogP contribution in [0.1, 0.15) is 10.5 Å². The standard InChI is InChI=1S/C12H12N4O3S/c1-13-20(18,19)10-4-2-9(3-5-10)16-12(17)11-8-14-6-7-15-11/h2-8,13H,1H3,(H,16,17). The molecule has 0 aliphatic heterocycles. The van der Waals surface area contributed by atoms with Gasteiger partial charge in [-0.25, -0.2) is 18.1 Å². The first-order valence-corrected chi connectivity index (χ1v) is 7.12. The molecule has 2 aromatic rings. The molecule has 0 saturated carbocycles. The molecule has 2 rings (SSSR count). The SMILES string of the molecule is CNS(=O)(=O)c1ccc(NC(=O)c2cnccn2)cc1. The number of carbonyl (C=O) groups is 1. The van der Waals surface area contributed by atoms with Gasteiger partial charge in [-0.05, 0) is 31.3 Å². The molecule has 0 bridgehead atoms. The number of aromatic nitrogens is 2. The van der Waals surface area contributed by atoms with Gasteiger partial charge >= 0.3 is 0 Å². The molecule has 7 nitrogen and oxygen atoms in total. The minimum absolute atomic E-state index is 0.123. The number of rotatable bonds is 4. The minimum atomic E-state index is -3.48. The van der Waals surface area contributed by atoms with Crippen LogP contribution in [0, 0.1) is 0 Å². The molecular formula is C12H12N4O3S. The number of nitrogens with one attached hydrogen (secondary N) is 2. The zero-order valence-electron chi connectivity index (χ0n) is 10.6. The number of nitrogens with zero attached hydrogens (tertiary/aromatic N) is 2. The Morgan fingerprint density at radius 1 is 1.15 bits per heavy atom. The topological polar surface area (TPSA) is 101 Å². The number of sulfonamides is 1. The summed E-state index contributed by atoms with van der Waals surface area (Å²) in [5.74, 6) is -0.415. The van der Waals surface area contributed by atoms with Gasteiger partial charge in [-0.15, -0.1) is 0 Å². The average Bonchev–Trinajstić information content (AvgIpc) is 2.48. The second-order valence-electron chi connectivity index (χ2n) is 3.78. The van der Waals surface area contributed by atoms with Gasteiger partial charge in [-0.3, -0.25) is 9.78 Å². The predicted molar refractivity (Wildman–Crippen MR) is 72.7 cm³/mol. The summed E-state index contributed by atoms with van der Waals surface area (Å²) >= 11 is 0. The van der Waals surface area contributed by atoms with Crippen molar-refractivity contribution in [3.63, 3.8) is 0 Å². The van der Waals surface area contributed by atoms with Crippen molar-refractivity contribution in [2.75, 3.05) is 12.4 Å². The Morgan fingerprint density at radius 3 is 2.40 bits per heavy atom. The summed E-state index contributed by atoms with van der Waals surface area (Å²) in [4.78, 5) is 19.6. The Bertz CT molecular complexity index is 699. The van der Waals surface area contributed by atoms with Crippen molar-refractivity contribution in [3.05, 3.63) is 48.5 Å². The van der Waals surface area contributed by atoms with E-state index < -0.39 is 15.9 Å². The average molecular weight is 292 g/mol. The van der Waals surface area contributed by atoms with Gasteiger partial charge in [0.1, 0.15) is 5.69 Å². The van der Waals surface area contributed by atoms with Gasteiger partial charge in [0.2, 0.25) is 10.0 Å². The predicted octanol–water partition coefficient (Wildman–Crippen LogP) is 0.637. The van der Waals surface area contributed by atoms with Crippen molar-refractivity contribution in [3.8, 4) is 0 Å².